The lowest BCUT2D eigenvalue weighted by molar-refractivity contribution is -0.138. The smallest absolute Gasteiger partial charge is 0.225 e. The van der Waals surface area contributed by atoms with E-state index in [1.165, 1.54) is 12.1 Å². The Bertz CT molecular complexity index is 860. The standard InChI is InChI=1S/C21H26ClFN4OS/c1-15-14-29-21(24-15)27-6-4-16(5-7-27)20(28)26-10-8-25(9-11-26)13-17-2-3-18(23)12-19(17)22/h2-3,12,14,16H,4-11,13H2,1H3. The van der Waals surface area contributed by atoms with Crippen LogP contribution in [0.4, 0.5) is 9.52 Å². The molecule has 0 aliphatic carbocycles. The van der Waals surface area contributed by atoms with Gasteiger partial charge in [0.2, 0.25) is 5.91 Å². The summed E-state index contributed by atoms with van der Waals surface area (Å²) in [5.41, 5.74) is 1.99. The van der Waals surface area contributed by atoms with Crippen LogP contribution in [-0.4, -0.2) is 60.0 Å². The number of nitrogens with zero attached hydrogens (tertiary/aromatic N) is 4. The Morgan fingerprint density at radius 3 is 2.55 bits per heavy atom. The number of carbonyl (C=O) groups is 1. The first kappa shape index (κ1) is 20.6. The third-order valence-electron chi connectivity index (χ3n) is 5.81. The second kappa shape index (κ2) is 8.98. The molecule has 0 bridgehead atoms. The summed E-state index contributed by atoms with van der Waals surface area (Å²) in [6, 6.07) is 4.54. The maximum Gasteiger partial charge on any atom is 0.225 e. The summed E-state index contributed by atoms with van der Waals surface area (Å²) in [5.74, 6) is 0.0926. The van der Waals surface area contributed by atoms with Crippen LogP contribution in [0, 0.1) is 18.7 Å². The molecule has 0 atom stereocenters. The summed E-state index contributed by atoms with van der Waals surface area (Å²) in [6.45, 7) is 7.60. The zero-order chi connectivity index (χ0) is 20.4. The van der Waals surface area contributed by atoms with E-state index in [1.54, 1.807) is 17.4 Å². The van der Waals surface area contributed by atoms with Crippen molar-refractivity contribution in [1.29, 1.82) is 0 Å². The van der Waals surface area contributed by atoms with Crippen LogP contribution in [0.3, 0.4) is 0 Å². The Morgan fingerprint density at radius 2 is 1.93 bits per heavy atom. The molecule has 1 amide bonds. The summed E-state index contributed by atoms with van der Waals surface area (Å²) in [5, 5.41) is 3.61. The molecule has 1 aromatic carbocycles. The zero-order valence-electron chi connectivity index (χ0n) is 16.6. The van der Waals surface area contributed by atoms with Gasteiger partial charge in [0.25, 0.3) is 0 Å². The number of rotatable bonds is 4. The number of hydrogen-bond acceptors (Lipinski definition) is 5. The van der Waals surface area contributed by atoms with E-state index in [4.69, 9.17) is 11.6 Å². The van der Waals surface area contributed by atoms with Crippen LogP contribution in [0.25, 0.3) is 0 Å². The number of piperazine rings is 1. The molecule has 8 heteroatoms. The Balaban J connectivity index is 1.25. The second-order valence-electron chi connectivity index (χ2n) is 7.87. The average molecular weight is 437 g/mol. The highest BCUT2D eigenvalue weighted by atomic mass is 35.5. The maximum absolute atomic E-state index is 13.2. The van der Waals surface area contributed by atoms with Crippen molar-refractivity contribution in [2.45, 2.75) is 26.3 Å². The van der Waals surface area contributed by atoms with Crippen molar-refractivity contribution in [3.05, 3.63) is 45.7 Å². The van der Waals surface area contributed by atoms with Gasteiger partial charge >= 0.3 is 0 Å². The first-order chi connectivity index (χ1) is 14.0. The summed E-state index contributed by atoms with van der Waals surface area (Å²) < 4.78 is 13.2. The molecule has 2 aliphatic heterocycles. The number of piperidine rings is 1. The van der Waals surface area contributed by atoms with Crippen LogP contribution in [0.5, 0.6) is 0 Å². The van der Waals surface area contributed by atoms with Crippen molar-refractivity contribution in [2.75, 3.05) is 44.2 Å². The fourth-order valence-electron chi connectivity index (χ4n) is 4.08. The van der Waals surface area contributed by atoms with Crippen molar-refractivity contribution in [1.82, 2.24) is 14.8 Å². The first-order valence-corrected chi connectivity index (χ1v) is 11.4. The molecule has 0 unspecified atom stereocenters. The fourth-order valence-corrected chi connectivity index (χ4v) is 5.16. The Morgan fingerprint density at radius 1 is 1.21 bits per heavy atom. The van der Waals surface area contributed by atoms with E-state index in [2.05, 4.69) is 20.2 Å². The van der Waals surface area contributed by atoms with Gasteiger partial charge in [0.05, 0.1) is 5.69 Å². The maximum atomic E-state index is 13.2. The fraction of sp³-hybridized carbons (Fsp3) is 0.524. The SMILES string of the molecule is Cc1csc(N2CCC(C(=O)N3CCN(Cc4ccc(F)cc4Cl)CC3)CC2)n1. The number of aromatic nitrogens is 1. The van der Waals surface area contributed by atoms with Gasteiger partial charge in [-0.15, -0.1) is 11.3 Å². The minimum absolute atomic E-state index is 0.116. The third-order valence-corrected chi connectivity index (χ3v) is 7.19. The van der Waals surface area contributed by atoms with Crippen LogP contribution in [-0.2, 0) is 11.3 Å². The summed E-state index contributed by atoms with van der Waals surface area (Å²) >= 11 is 7.83. The van der Waals surface area contributed by atoms with E-state index in [0.29, 0.717) is 17.5 Å². The zero-order valence-corrected chi connectivity index (χ0v) is 18.2. The number of amides is 1. The largest absolute Gasteiger partial charge is 0.348 e. The monoisotopic (exact) mass is 436 g/mol. The minimum Gasteiger partial charge on any atom is -0.348 e. The van der Waals surface area contributed by atoms with Gasteiger partial charge in [-0.25, -0.2) is 9.37 Å². The van der Waals surface area contributed by atoms with E-state index in [9.17, 15) is 9.18 Å². The molecule has 4 rings (SSSR count). The molecule has 0 saturated carbocycles. The number of aryl methyl sites for hydroxylation is 1. The number of halogens is 2. The van der Waals surface area contributed by atoms with Crippen molar-refractivity contribution < 1.29 is 9.18 Å². The molecule has 3 heterocycles. The molecule has 2 aliphatic rings. The summed E-state index contributed by atoms with van der Waals surface area (Å²) in [4.78, 5) is 24.1. The third kappa shape index (κ3) is 4.90. The van der Waals surface area contributed by atoms with Crippen LogP contribution in [0.2, 0.25) is 5.02 Å². The van der Waals surface area contributed by atoms with E-state index in [1.807, 2.05) is 11.8 Å². The highest BCUT2D eigenvalue weighted by Crippen LogP contribution is 2.27. The van der Waals surface area contributed by atoms with E-state index >= 15 is 0 Å². The summed E-state index contributed by atoms with van der Waals surface area (Å²) in [6.07, 6.45) is 1.78. The number of benzene rings is 1. The van der Waals surface area contributed by atoms with Crippen LogP contribution in [0.1, 0.15) is 24.1 Å². The first-order valence-electron chi connectivity index (χ1n) is 10.1. The predicted molar refractivity (Wildman–Crippen MR) is 115 cm³/mol. The lowest BCUT2D eigenvalue weighted by Gasteiger charge is -2.38. The van der Waals surface area contributed by atoms with Crippen LogP contribution in [0.15, 0.2) is 23.6 Å². The summed E-state index contributed by atoms with van der Waals surface area (Å²) in [7, 11) is 0. The highest BCUT2D eigenvalue weighted by Gasteiger charge is 2.31. The Labute approximate surface area is 180 Å². The number of anilines is 1. The van der Waals surface area contributed by atoms with E-state index < -0.39 is 0 Å². The van der Waals surface area contributed by atoms with Crippen molar-refractivity contribution in [2.24, 2.45) is 5.92 Å². The molecule has 156 valence electrons. The average Bonchev–Trinajstić information content (AvgIpc) is 3.17. The van der Waals surface area contributed by atoms with E-state index in [0.717, 1.165) is 68.5 Å². The van der Waals surface area contributed by atoms with Gasteiger partial charge < -0.3 is 9.80 Å². The van der Waals surface area contributed by atoms with Crippen molar-refractivity contribution in [3.8, 4) is 0 Å². The molecule has 29 heavy (non-hydrogen) atoms. The molecule has 0 N–H and O–H groups in total. The molecule has 2 saturated heterocycles. The van der Waals surface area contributed by atoms with Gasteiger partial charge in [-0.2, -0.15) is 0 Å². The molecule has 0 spiro atoms. The molecule has 2 aromatic rings. The van der Waals surface area contributed by atoms with E-state index in [-0.39, 0.29) is 11.7 Å². The topological polar surface area (TPSA) is 39.7 Å². The molecule has 0 radical (unpaired) electrons. The van der Waals surface area contributed by atoms with Crippen molar-refractivity contribution in [3.63, 3.8) is 0 Å². The van der Waals surface area contributed by atoms with Gasteiger partial charge in [0.15, 0.2) is 5.13 Å². The molecule has 2 fully saturated rings. The highest BCUT2D eigenvalue weighted by molar-refractivity contribution is 7.13. The van der Waals surface area contributed by atoms with Gasteiger partial charge in [0, 0.05) is 62.1 Å². The Hall–Kier alpha value is -1.70. The van der Waals surface area contributed by atoms with Crippen molar-refractivity contribution >= 4 is 34.0 Å². The van der Waals surface area contributed by atoms with Crippen LogP contribution >= 0.6 is 22.9 Å². The quantitative estimate of drug-likeness (QED) is 0.730. The minimum atomic E-state index is -0.315. The lowest BCUT2D eigenvalue weighted by atomic mass is 9.95. The van der Waals surface area contributed by atoms with Crippen LogP contribution < -0.4 is 4.90 Å². The number of hydrogen-bond donors (Lipinski definition) is 0. The molecular formula is C21H26ClFN4OS. The van der Waals surface area contributed by atoms with Gasteiger partial charge in [0.1, 0.15) is 5.82 Å². The lowest BCUT2D eigenvalue weighted by Crippen LogP contribution is -2.51. The molecule has 5 nitrogen and oxygen atoms in total. The molecule has 1 aromatic heterocycles. The number of thiazole rings is 1. The van der Waals surface area contributed by atoms with Gasteiger partial charge in [-0.3, -0.25) is 9.69 Å². The molecular weight excluding hydrogens is 411 g/mol. The Kier molecular flexibility index (Phi) is 6.37. The second-order valence-corrected chi connectivity index (χ2v) is 9.11. The number of carbonyl (C=O) groups excluding carboxylic acids is 1. The normalized spacial score (nSPS) is 19.0. The predicted octanol–water partition coefficient (Wildman–Crippen LogP) is 3.80. The van der Waals surface area contributed by atoms with Gasteiger partial charge in [-0.1, -0.05) is 17.7 Å². The van der Waals surface area contributed by atoms with Gasteiger partial charge in [-0.05, 0) is 37.5 Å².